The third kappa shape index (κ3) is 3.99. The van der Waals surface area contributed by atoms with E-state index < -0.39 is 10.8 Å². The second-order valence-corrected chi connectivity index (χ2v) is 17.8. The minimum absolute atomic E-state index is 0.476. The average Bonchev–Trinajstić information content (AvgIpc) is 4.13. The number of fused-ring (bicyclic) bond motifs is 23. The van der Waals surface area contributed by atoms with E-state index in [9.17, 15) is 0 Å². The molecule has 2 heteroatoms. The summed E-state index contributed by atoms with van der Waals surface area (Å²) in [6.45, 7) is 0. The van der Waals surface area contributed by atoms with Crippen molar-refractivity contribution < 1.29 is 4.42 Å². The fraction of sp³-hybridized carbons (Fsp3) is 0.0323. The van der Waals surface area contributed by atoms with Crippen LogP contribution in [0.1, 0.15) is 44.5 Å². The Labute approximate surface area is 371 Å². The Morgan fingerprint density at radius 1 is 0.281 bits per heavy atom. The van der Waals surface area contributed by atoms with Crippen LogP contribution in [-0.2, 0) is 10.8 Å². The van der Waals surface area contributed by atoms with Gasteiger partial charge in [0.2, 0.25) is 0 Å². The normalized spacial score (nSPS) is 14.5. The van der Waals surface area contributed by atoms with Crippen LogP contribution in [0.5, 0.6) is 0 Å². The number of nitrogens with zero attached hydrogens (tertiary/aromatic N) is 1. The standard InChI is InChI=1S/C62H37NO/c1-8-24-47-39(17-1)40-18-2-9-25-48(40)61(47)51-28-12-5-22-45(51)59-53(61)30-15-32-55(59)63(38-35-36-44-43-21-7-14-34-57(43)64-58(44)37-38)56-33-16-31-54-60(56)46-23-6-13-29-52(46)62(54)49-26-10-3-19-41(49)42-20-4-11-27-50(42)62/h1-37H. The Hall–Kier alpha value is -8.20. The van der Waals surface area contributed by atoms with Crippen LogP contribution in [0.25, 0.3) is 66.4 Å². The first-order valence-corrected chi connectivity index (χ1v) is 22.3. The van der Waals surface area contributed by atoms with Crippen LogP contribution in [0.3, 0.4) is 0 Å². The Bertz CT molecular complexity index is 3540. The summed E-state index contributed by atoms with van der Waals surface area (Å²) in [6.07, 6.45) is 0. The molecule has 0 fully saturated rings. The molecule has 0 amide bonds. The molecular weight excluding hydrogens is 775 g/mol. The molecular formula is C62H37NO. The van der Waals surface area contributed by atoms with Crippen molar-refractivity contribution in [2.24, 2.45) is 0 Å². The second kappa shape index (κ2) is 12.2. The number of hydrogen-bond donors (Lipinski definition) is 0. The van der Waals surface area contributed by atoms with E-state index in [0.29, 0.717) is 0 Å². The van der Waals surface area contributed by atoms with Crippen molar-refractivity contribution in [2.75, 3.05) is 4.90 Å². The molecule has 2 spiro atoms. The molecule has 0 bridgehead atoms. The van der Waals surface area contributed by atoms with Gasteiger partial charge in [-0.1, -0.05) is 188 Å². The summed E-state index contributed by atoms with van der Waals surface area (Å²) in [4.78, 5) is 2.55. The summed E-state index contributed by atoms with van der Waals surface area (Å²) in [7, 11) is 0. The Morgan fingerprint density at radius 2 is 0.641 bits per heavy atom. The first-order chi connectivity index (χ1) is 31.8. The molecule has 0 unspecified atom stereocenters. The van der Waals surface area contributed by atoms with Crippen LogP contribution in [0, 0.1) is 0 Å². The molecule has 0 saturated heterocycles. The van der Waals surface area contributed by atoms with E-state index in [-0.39, 0.29) is 0 Å². The van der Waals surface area contributed by atoms with Gasteiger partial charge in [-0.15, -0.1) is 0 Å². The van der Waals surface area contributed by atoms with Crippen molar-refractivity contribution in [3.63, 3.8) is 0 Å². The van der Waals surface area contributed by atoms with Gasteiger partial charge in [-0.25, -0.2) is 0 Å². The predicted molar refractivity (Wildman–Crippen MR) is 261 cm³/mol. The van der Waals surface area contributed by atoms with Crippen molar-refractivity contribution in [1.29, 1.82) is 0 Å². The van der Waals surface area contributed by atoms with Gasteiger partial charge in [0.25, 0.3) is 0 Å². The van der Waals surface area contributed by atoms with Gasteiger partial charge in [0.1, 0.15) is 11.2 Å². The lowest BCUT2D eigenvalue weighted by Gasteiger charge is -2.33. The lowest BCUT2D eigenvalue weighted by atomic mass is 9.70. The van der Waals surface area contributed by atoms with E-state index >= 15 is 0 Å². The van der Waals surface area contributed by atoms with Crippen LogP contribution in [0.15, 0.2) is 229 Å². The highest BCUT2D eigenvalue weighted by Crippen LogP contribution is 2.67. The highest BCUT2D eigenvalue weighted by molar-refractivity contribution is 6.09. The van der Waals surface area contributed by atoms with E-state index in [1.54, 1.807) is 0 Å². The van der Waals surface area contributed by atoms with Crippen LogP contribution < -0.4 is 4.90 Å². The molecule has 296 valence electrons. The highest BCUT2D eigenvalue weighted by atomic mass is 16.3. The van der Waals surface area contributed by atoms with Crippen molar-refractivity contribution in [2.45, 2.75) is 10.8 Å². The second-order valence-electron chi connectivity index (χ2n) is 17.8. The average molecular weight is 812 g/mol. The summed E-state index contributed by atoms with van der Waals surface area (Å²) in [5.74, 6) is 0. The molecule has 15 rings (SSSR count). The van der Waals surface area contributed by atoms with Gasteiger partial charge in [-0.2, -0.15) is 0 Å². The quantitative estimate of drug-likeness (QED) is 0.177. The van der Waals surface area contributed by atoms with Crippen LogP contribution in [0.4, 0.5) is 17.1 Å². The Kier molecular flexibility index (Phi) is 6.58. The molecule has 1 aromatic heterocycles. The molecule has 10 aromatic carbocycles. The molecule has 0 saturated carbocycles. The van der Waals surface area contributed by atoms with Gasteiger partial charge in [-0.05, 0) is 108 Å². The largest absolute Gasteiger partial charge is 0.456 e. The third-order valence-electron chi connectivity index (χ3n) is 15.1. The molecule has 1 heterocycles. The Morgan fingerprint density at radius 3 is 1.11 bits per heavy atom. The maximum Gasteiger partial charge on any atom is 0.137 e. The number of furan rings is 1. The monoisotopic (exact) mass is 811 g/mol. The van der Waals surface area contributed by atoms with Gasteiger partial charge in [0, 0.05) is 33.7 Å². The molecule has 2 nitrogen and oxygen atoms in total. The van der Waals surface area contributed by atoms with E-state index in [1.165, 1.54) is 89.0 Å². The minimum atomic E-state index is -0.476. The summed E-state index contributed by atoms with van der Waals surface area (Å²) in [5.41, 5.74) is 25.0. The van der Waals surface area contributed by atoms with Crippen LogP contribution in [0.2, 0.25) is 0 Å². The van der Waals surface area contributed by atoms with Gasteiger partial charge >= 0.3 is 0 Å². The number of anilines is 3. The summed E-state index contributed by atoms with van der Waals surface area (Å²) >= 11 is 0. The van der Waals surface area contributed by atoms with Crippen molar-refractivity contribution in [3.8, 4) is 44.5 Å². The molecule has 0 N–H and O–H groups in total. The van der Waals surface area contributed by atoms with Gasteiger partial charge < -0.3 is 9.32 Å². The first-order valence-electron chi connectivity index (χ1n) is 22.3. The zero-order valence-corrected chi connectivity index (χ0v) is 34.7. The van der Waals surface area contributed by atoms with Crippen molar-refractivity contribution in [3.05, 3.63) is 269 Å². The van der Waals surface area contributed by atoms with Crippen LogP contribution in [-0.4, -0.2) is 0 Å². The van der Waals surface area contributed by atoms with Crippen molar-refractivity contribution in [1.82, 2.24) is 0 Å². The highest BCUT2D eigenvalue weighted by Gasteiger charge is 2.54. The number of hydrogen-bond acceptors (Lipinski definition) is 2. The molecule has 11 aromatic rings. The molecule has 64 heavy (non-hydrogen) atoms. The Balaban J connectivity index is 1.07. The smallest absolute Gasteiger partial charge is 0.137 e. The fourth-order valence-electron chi connectivity index (χ4n) is 12.9. The lowest BCUT2D eigenvalue weighted by molar-refractivity contribution is 0.669. The lowest BCUT2D eigenvalue weighted by Crippen LogP contribution is -2.26. The SMILES string of the molecule is c1ccc2c(c1)-c1ccccc1C21c2ccccc2-c2c(N(c3ccc4c(c3)oc3ccccc34)c3cccc4c3-c3ccccc3C43c4ccccc4-c4ccccc43)cccc21. The first kappa shape index (κ1) is 34.4. The summed E-state index contributed by atoms with van der Waals surface area (Å²) in [5, 5.41) is 2.24. The topological polar surface area (TPSA) is 16.4 Å². The molecule has 4 aliphatic carbocycles. The predicted octanol–water partition coefficient (Wildman–Crippen LogP) is 15.7. The maximum atomic E-state index is 6.69. The zero-order chi connectivity index (χ0) is 41.7. The van der Waals surface area contributed by atoms with E-state index in [4.69, 9.17) is 4.42 Å². The van der Waals surface area contributed by atoms with Gasteiger partial charge in [0.15, 0.2) is 0 Å². The number of benzene rings is 10. The minimum Gasteiger partial charge on any atom is -0.456 e. The van der Waals surface area contributed by atoms with Gasteiger partial charge in [-0.3, -0.25) is 0 Å². The number of para-hydroxylation sites is 1. The zero-order valence-electron chi connectivity index (χ0n) is 34.7. The molecule has 4 aliphatic rings. The fourth-order valence-corrected chi connectivity index (χ4v) is 12.9. The van der Waals surface area contributed by atoms with Crippen LogP contribution >= 0.6 is 0 Å². The summed E-state index contributed by atoms with van der Waals surface area (Å²) in [6, 6.07) is 83.9. The maximum absolute atomic E-state index is 6.69. The van der Waals surface area contributed by atoms with E-state index in [1.807, 2.05) is 0 Å². The van der Waals surface area contributed by atoms with E-state index in [0.717, 1.165) is 39.0 Å². The van der Waals surface area contributed by atoms with Gasteiger partial charge in [0.05, 0.1) is 22.2 Å². The molecule has 0 atom stereocenters. The molecule has 0 radical (unpaired) electrons. The summed E-state index contributed by atoms with van der Waals surface area (Å²) < 4.78 is 6.69. The van der Waals surface area contributed by atoms with Crippen molar-refractivity contribution >= 4 is 39.0 Å². The van der Waals surface area contributed by atoms with E-state index in [2.05, 4.69) is 229 Å². The third-order valence-corrected chi connectivity index (χ3v) is 15.1. The number of rotatable bonds is 3. The molecule has 0 aliphatic heterocycles.